The zero-order valence-corrected chi connectivity index (χ0v) is 23.4. The molecule has 7 rings (SSSR count). The molecule has 1 amide bonds. The van der Waals surface area contributed by atoms with E-state index in [0.29, 0.717) is 41.1 Å². The Bertz CT molecular complexity index is 1660. The number of fused-ring (bicyclic) bond motifs is 2. The number of carbonyl (C=O) groups is 1. The van der Waals surface area contributed by atoms with Crippen molar-refractivity contribution < 1.29 is 18.7 Å². The maximum Gasteiger partial charge on any atom is 0.253 e. The number of anilines is 2. The van der Waals surface area contributed by atoms with E-state index in [1.165, 1.54) is 0 Å². The van der Waals surface area contributed by atoms with Crippen LogP contribution in [0.2, 0.25) is 0 Å². The topological polar surface area (TPSA) is 103 Å². The zero-order chi connectivity index (χ0) is 27.9. The zero-order valence-electron chi connectivity index (χ0n) is 23.4. The van der Waals surface area contributed by atoms with Crippen LogP contribution < -0.4 is 14.8 Å². The van der Waals surface area contributed by atoms with Gasteiger partial charge in [-0.1, -0.05) is 12.1 Å². The van der Waals surface area contributed by atoms with E-state index in [1.807, 2.05) is 36.1 Å². The summed E-state index contributed by atoms with van der Waals surface area (Å²) >= 11 is 0. The number of hydrogen-bond donors (Lipinski definition) is 1. The molecule has 2 aromatic carbocycles. The Morgan fingerprint density at radius 2 is 1.85 bits per heavy atom. The minimum atomic E-state index is 0.0330. The van der Waals surface area contributed by atoms with Gasteiger partial charge in [0, 0.05) is 32.0 Å². The molecule has 3 aliphatic rings. The Hall–Kier alpha value is -4.40. The second kappa shape index (κ2) is 10.5. The number of methoxy groups -OCH3 is 1. The number of nitrogens with one attached hydrogen (secondary N) is 1. The molecule has 9 nitrogen and oxygen atoms in total. The molecule has 41 heavy (non-hydrogen) atoms. The fourth-order valence-electron chi connectivity index (χ4n) is 6.13. The number of oxazole rings is 1. The SMILES string of the molecule is COc1cc(C(=O)N2CCCC2)ccc1Nc1nc2c(c(OC3CCCC3)n1)C(c1ccc3nc(C)oc3c1)=CC2. The molecule has 0 unspecified atom stereocenters. The summed E-state index contributed by atoms with van der Waals surface area (Å²) in [7, 11) is 1.60. The summed E-state index contributed by atoms with van der Waals surface area (Å²) in [5.74, 6) is 2.26. The van der Waals surface area contributed by atoms with Gasteiger partial charge >= 0.3 is 0 Å². The van der Waals surface area contributed by atoms with Crippen LogP contribution in [-0.2, 0) is 6.42 Å². The van der Waals surface area contributed by atoms with E-state index < -0.39 is 0 Å². The first-order valence-corrected chi connectivity index (χ1v) is 14.5. The monoisotopic (exact) mass is 551 g/mol. The third-order valence-corrected chi connectivity index (χ3v) is 8.19. The van der Waals surface area contributed by atoms with Crippen LogP contribution in [0.3, 0.4) is 0 Å². The highest BCUT2D eigenvalue weighted by molar-refractivity contribution is 5.95. The van der Waals surface area contributed by atoms with Gasteiger partial charge in [-0.3, -0.25) is 4.79 Å². The molecule has 0 radical (unpaired) electrons. The molecule has 2 aliphatic carbocycles. The average molecular weight is 552 g/mol. The second-order valence-corrected chi connectivity index (χ2v) is 11.0. The minimum absolute atomic E-state index is 0.0330. The molecule has 1 aliphatic heterocycles. The van der Waals surface area contributed by atoms with E-state index >= 15 is 0 Å². The van der Waals surface area contributed by atoms with Crippen molar-refractivity contribution in [2.24, 2.45) is 0 Å². The third kappa shape index (κ3) is 4.90. The van der Waals surface area contributed by atoms with Crippen LogP contribution in [0.4, 0.5) is 11.6 Å². The van der Waals surface area contributed by atoms with E-state index in [4.69, 9.17) is 23.9 Å². The first-order valence-electron chi connectivity index (χ1n) is 14.5. The summed E-state index contributed by atoms with van der Waals surface area (Å²) in [6.45, 7) is 3.46. The van der Waals surface area contributed by atoms with Crippen molar-refractivity contribution in [1.29, 1.82) is 0 Å². The normalized spacial score (nSPS) is 16.7. The number of nitrogens with zero attached hydrogens (tertiary/aromatic N) is 4. The van der Waals surface area contributed by atoms with Crippen LogP contribution in [0, 0.1) is 6.92 Å². The van der Waals surface area contributed by atoms with Crippen LogP contribution >= 0.6 is 0 Å². The van der Waals surface area contributed by atoms with E-state index in [9.17, 15) is 4.79 Å². The van der Waals surface area contributed by atoms with Crippen molar-refractivity contribution >= 4 is 34.2 Å². The third-order valence-electron chi connectivity index (χ3n) is 8.19. The Morgan fingerprint density at radius 1 is 1.02 bits per heavy atom. The largest absolute Gasteiger partial charge is 0.495 e. The summed E-state index contributed by atoms with van der Waals surface area (Å²) in [5.41, 5.74) is 6.79. The predicted molar refractivity (Wildman–Crippen MR) is 156 cm³/mol. The number of aryl methyl sites for hydroxylation is 1. The average Bonchev–Trinajstić information content (AvgIpc) is 3.79. The summed E-state index contributed by atoms with van der Waals surface area (Å²) in [4.78, 5) is 29.1. The number of aromatic nitrogens is 3. The van der Waals surface area contributed by atoms with Gasteiger partial charge in [0.05, 0.1) is 24.1 Å². The Morgan fingerprint density at radius 3 is 2.66 bits per heavy atom. The molecule has 0 spiro atoms. The Labute approximate surface area is 238 Å². The van der Waals surface area contributed by atoms with E-state index in [0.717, 1.165) is 85.1 Å². The number of rotatable bonds is 7. The van der Waals surface area contributed by atoms with Crippen molar-refractivity contribution in [3.63, 3.8) is 0 Å². The summed E-state index contributed by atoms with van der Waals surface area (Å²) in [5, 5.41) is 3.34. The van der Waals surface area contributed by atoms with Gasteiger partial charge in [0.15, 0.2) is 11.5 Å². The van der Waals surface area contributed by atoms with Crippen molar-refractivity contribution in [3.05, 3.63) is 70.7 Å². The van der Waals surface area contributed by atoms with Crippen LogP contribution in [0.15, 0.2) is 46.9 Å². The smallest absolute Gasteiger partial charge is 0.253 e. The fraction of sp³-hybridized carbons (Fsp3) is 0.375. The molecule has 0 atom stereocenters. The van der Waals surface area contributed by atoms with Gasteiger partial charge in [0.1, 0.15) is 17.4 Å². The fourth-order valence-corrected chi connectivity index (χ4v) is 6.13. The van der Waals surface area contributed by atoms with Crippen LogP contribution in [0.5, 0.6) is 11.6 Å². The molecule has 210 valence electrons. The predicted octanol–water partition coefficient (Wildman–Crippen LogP) is 6.22. The molecule has 0 bridgehead atoms. The van der Waals surface area contributed by atoms with Crippen molar-refractivity contribution in [2.75, 3.05) is 25.5 Å². The van der Waals surface area contributed by atoms with Gasteiger partial charge in [0.2, 0.25) is 11.8 Å². The van der Waals surface area contributed by atoms with Crippen molar-refractivity contribution in [1.82, 2.24) is 19.9 Å². The standard InChI is InChI=1S/C32H33N5O4/c1-19-33-25-12-9-20(17-28(25)40-19)23-11-14-26-29(23)30(41-22-7-3-4-8-22)36-32(35-26)34-24-13-10-21(18-27(24)39-2)31(38)37-15-5-6-16-37/h9-13,17-18,22H,3-8,14-16H2,1-2H3,(H,34,35,36). The lowest BCUT2D eigenvalue weighted by Crippen LogP contribution is -2.27. The van der Waals surface area contributed by atoms with E-state index in [2.05, 4.69) is 22.4 Å². The maximum atomic E-state index is 12.9. The molecule has 3 heterocycles. The lowest BCUT2D eigenvalue weighted by Gasteiger charge is -2.19. The molecule has 2 aromatic heterocycles. The number of benzene rings is 2. The quantitative estimate of drug-likeness (QED) is 0.289. The van der Waals surface area contributed by atoms with Gasteiger partial charge in [-0.05, 0) is 80.0 Å². The number of likely N-dealkylation sites (tertiary alicyclic amines) is 1. The van der Waals surface area contributed by atoms with Crippen molar-refractivity contribution in [3.8, 4) is 11.6 Å². The summed E-state index contributed by atoms with van der Waals surface area (Å²) in [6.07, 6.45) is 9.43. The van der Waals surface area contributed by atoms with E-state index in [1.54, 1.807) is 13.2 Å². The number of allylic oxidation sites excluding steroid dienone is 1. The maximum absolute atomic E-state index is 12.9. The number of ether oxygens (including phenoxy) is 2. The Balaban J connectivity index is 1.22. The second-order valence-electron chi connectivity index (χ2n) is 11.0. The highest BCUT2D eigenvalue weighted by atomic mass is 16.5. The lowest BCUT2D eigenvalue weighted by molar-refractivity contribution is 0.0792. The molecule has 1 saturated carbocycles. The summed E-state index contributed by atoms with van der Waals surface area (Å²) in [6, 6.07) is 11.5. The van der Waals surface area contributed by atoms with Crippen LogP contribution in [-0.4, -0.2) is 52.1 Å². The molecule has 1 N–H and O–H groups in total. The Kier molecular flexibility index (Phi) is 6.57. The van der Waals surface area contributed by atoms with E-state index in [-0.39, 0.29) is 12.0 Å². The molecule has 1 saturated heterocycles. The molecular formula is C32H33N5O4. The van der Waals surface area contributed by atoms with Crippen LogP contribution in [0.1, 0.15) is 71.6 Å². The highest BCUT2D eigenvalue weighted by Gasteiger charge is 2.28. The summed E-state index contributed by atoms with van der Waals surface area (Å²) < 4.78 is 18.0. The van der Waals surface area contributed by atoms with Gasteiger partial charge < -0.3 is 24.1 Å². The first kappa shape index (κ1) is 25.6. The molecule has 2 fully saturated rings. The molecule has 4 aromatic rings. The highest BCUT2D eigenvalue weighted by Crippen LogP contribution is 2.41. The van der Waals surface area contributed by atoms with Gasteiger partial charge in [-0.2, -0.15) is 4.98 Å². The van der Waals surface area contributed by atoms with Crippen molar-refractivity contribution in [2.45, 2.75) is 58.0 Å². The number of carbonyl (C=O) groups excluding carboxylic acids is 1. The number of amides is 1. The molecule has 9 heteroatoms. The van der Waals surface area contributed by atoms with Crippen LogP contribution in [0.25, 0.3) is 16.7 Å². The van der Waals surface area contributed by atoms with Gasteiger partial charge in [0.25, 0.3) is 5.91 Å². The minimum Gasteiger partial charge on any atom is -0.495 e. The lowest BCUT2D eigenvalue weighted by atomic mass is 10.0. The van der Waals surface area contributed by atoms with Gasteiger partial charge in [-0.15, -0.1) is 0 Å². The molecular weight excluding hydrogens is 518 g/mol. The number of hydrogen-bond acceptors (Lipinski definition) is 8. The van der Waals surface area contributed by atoms with Gasteiger partial charge in [-0.25, -0.2) is 9.97 Å². The first-order chi connectivity index (χ1) is 20.1.